The van der Waals surface area contributed by atoms with Crippen LogP contribution in [0.3, 0.4) is 0 Å². The van der Waals surface area contributed by atoms with Crippen molar-refractivity contribution in [2.24, 2.45) is 0 Å². The van der Waals surface area contributed by atoms with Gasteiger partial charge in [0.2, 0.25) is 5.75 Å². The Bertz CT molecular complexity index is 1420. The lowest BCUT2D eigenvalue weighted by molar-refractivity contribution is 0.0952. The van der Waals surface area contributed by atoms with Crippen molar-refractivity contribution in [2.45, 2.75) is 33.2 Å². The summed E-state index contributed by atoms with van der Waals surface area (Å²) in [6, 6.07) is 15.3. The summed E-state index contributed by atoms with van der Waals surface area (Å²) in [6.45, 7) is 5.58. The first-order chi connectivity index (χ1) is 18.9. The van der Waals surface area contributed by atoms with Crippen molar-refractivity contribution in [3.63, 3.8) is 0 Å². The van der Waals surface area contributed by atoms with E-state index in [4.69, 9.17) is 35.5 Å². The van der Waals surface area contributed by atoms with Gasteiger partial charge in [-0.25, -0.2) is 4.98 Å². The second-order valence-electron chi connectivity index (χ2n) is 9.16. The molecule has 1 aromatic heterocycles. The number of fused-ring (bicyclic) bond motifs is 1. The first-order valence-corrected chi connectivity index (χ1v) is 13.2. The van der Waals surface area contributed by atoms with E-state index in [1.54, 1.807) is 12.1 Å². The number of methoxy groups -OCH3 is 3. The van der Waals surface area contributed by atoms with E-state index in [2.05, 4.69) is 16.0 Å². The third-order valence-corrected chi connectivity index (χ3v) is 7.11. The average molecular weight is 552 g/mol. The summed E-state index contributed by atoms with van der Waals surface area (Å²) in [5.41, 5.74) is 4.41. The van der Waals surface area contributed by atoms with Gasteiger partial charge in [-0.05, 0) is 67.8 Å². The minimum atomic E-state index is -0.218. The fourth-order valence-corrected chi connectivity index (χ4v) is 4.68. The molecular weight excluding hydrogens is 518 g/mol. The molecule has 9 heteroatoms. The molecule has 8 nitrogen and oxygen atoms in total. The number of amides is 1. The molecule has 1 amide bonds. The first-order valence-electron chi connectivity index (χ1n) is 12.8. The first kappa shape index (κ1) is 28.1. The molecule has 3 aromatic carbocycles. The number of aryl methyl sites for hydroxylation is 3. The number of carbonyl (C=O) groups excluding carboxylic acids is 1. The van der Waals surface area contributed by atoms with Gasteiger partial charge in [-0.1, -0.05) is 23.7 Å². The molecule has 4 rings (SSSR count). The molecule has 39 heavy (non-hydrogen) atoms. The number of imidazole rings is 1. The van der Waals surface area contributed by atoms with Gasteiger partial charge in [0.05, 0.1) is 38.9 Å². The fourth-order valence-electron chi connectivity index (χ4n) is 4.57. The summed E-state index contributed by atoms with van der Waals surface area (Å²) in [5.74, 6) is 2.84. The zero-order valence-corrected chi connectivity index (χ0v) is 23.7. The van der Waals surface area contributed by atoms with Crippen molar-refractivity contribution in [2.75, 3.05) is 34.5 Å². The highest BCUT2D eigenvalue weighted by molar-refractivity contribution is 6.32. The molecular formula is C30H34ClN3O5. The molecule has 0 saturated carbocycles. The van der Waals surface area contributed by atoms with Gasteiger partial charge in [0.1, 0.15) is 18.2 Å². The number of halogens is 1. The molecule has 0 fully saturated rings. The Morgan fingerprint density at radius 1 is 0.974 bits per heavy atom. The number of rotatable bonds is 12. The quantitative estimate of drug-likeness (QED) is 0.225. The van der Waals surface area contributed by atoms with E-state index in [1.807, 2.05) is 44.2 Å². The zero-order chi connectivity index (χ0) is 27.9. The fraction of sp³-hybridized carbons (Fsp3) is 0.333. The standard InChI is InChI=1S/C30H34ClN3O5/c1-19-15-22(16-20(2)28(19)31)39-14-13-34-24-10-7-6-9-23(24)33-27(34)11-8-12-32-30(35)21-17-25(36-3)29(38-5)26(18-21)37-4/h6-7,9-10,15-18H,8,11-14H2,1-5H3,(H,32,35). The third kappa shape index (κ3) is 6.40. The second kappa shape index (κ2) is 12.8. The van der Waals surface area contributed by atoms with E-state index in [9.17, 15) is 4.79 Å². The largest absolute Gasteiger partial charge is 0.493 e. The van der Waals surface area contributed by atoms with Crippen molar-refractivity contribution < 1.29 is 23.7 Å². The van der Waals surface area contributed by atoms with E-state index in [0.717, 1.165) is 45.2 Å². The number of aromatic nitrogens is 2. The van der Waals surface area contributed by atoms with Gasteiger partial charge in [0, 0.05) is 23.6 Å². The number of benzene rings is 3. The summed E-state index contributed by atoms with van der Waals surface area (Å²) in [6.07, 6.45) is 1.42. The van der Waals surface area contributed by atoms with Crippen LogP contribution in [-0.4, -0.2) is 49.9 Å². The van der Waals surface area contributed by atoms with Crippen LogP contribution >= 0.6 is 11.6 Å². The van der Waals surface area contributed by atoms with Crippen molar-refractivity contribution in [1.82, 2.24) is 14.9 Å². The Balaban J connectivity index is 1.39. The van der Waals surface area contributed by atoms with Gasteiger partial charge < -0.3 is 28.8 Å². The van der Waals surface area contributed by atoms with Crippen LogP contribution in [0.1, 0.15) is 33.7 Å². The lowest BCUT2D eigenvalue weighted by Gasteiger charge is -2.14. The van der Waals surface area contributed by atoms with Crippen LogP contribution in [-0.2, 0) is 13.0 Å². The molecule has 0 aliphatic heterocycles. The average Bonchev–Trinajstić information content (AvgIpc) is 3.30. The normalized spacial score (nSPS) is 10.9. The van der Waals surface area contributed by atoms with Crippen LogP contribution < -0.4 is 24.3 Å². The number of nitrogens with one attached hydrogen (secondary N) is 1. The molecule has 0 spiro atoms. The highest BCUT2D eigenvalue weighted by Crippen LogP contribution is 2.38. The number of carbonyl (C=O) groups is 1. The minimum absolute atomic E-state index is 0.218. The van der Waals surface area contributed by atoms with Crippen LogP contribution in [0.25, 0.3) is 11.0 Å². The molecule has 0 bridgehead atoms. The molecule has 0 radical (unpaired) electrons. The van der Waals surface area contributed by atoms with Gasteiger partial charge in [0.15, 0.2) is 11.5 Å². The molecule has 206 valence electrons. The minimum Gasteiger partial charge on any atom is -0.493 e. The van der Waals surface area contributed by atoms with Crippen LogP contribution in [0, 0.1) is 13.8 Å². The Labute approximate surface area is 233 Å². The maximum absolute atomic E-state index is 12.8. The predicted molar refractivity (Wildman–Crippen MR) is 153 cm³/mol. The summed E-state index contributed by atoms with van der Waals surface area (Å²) >= 11 is 6.29. The number of para-hydroxylation sites is 2. The summed E-state index contributed by atoms with van der Waals surface area (Å²) in [4.78, 5) is 17.7. The third-order valence-electron chi connectivity index (χ3n) is 6.52. The van der Waals surface area contributed by atoms with Crippen LogP contribution in [0.2, 0.25) is 5.02 Å². The van der Waals surface area contributed by atoms with Gasteiger partial charge >= 0.3 is 0 Å². The Kier molecular flexibility index (Phi) is 9.19. The Morgan fingerprint density at radius 2 is 1.64 bits per heavy atom. The summed E-state index contributed by atoms with van der Waals surface area (Å²) in [5, 5.41) is 3.75. The zero-order valence-electron chi connectivity index (χ0n) is 23.0. The van der Waals surface area contributed by atoms with E-state index < -0.39 is 0 Å². The van der Waals surface area contributed by atoms with Crippen molar-refractivity contribution >= 4 is 28.5 Å². The van der Waals surface area contributed by atoms with Gasteiger partial charge in [-0.3, -0.25) is 4.79 Å². The number of hydrogen-bond acceptors (Lipinski definition) is 6. The van der Waals surface area contributed by atoms with E-state index in [0.29, 0.717) is 48.9 Å². The SMILES string of the molecule is COc1cc(C(=O)NCCCc2nc3ccccc3n2CCOc2cc(C)c(Cl)c(C)c2)cc(OC)c1OC. The van der Waals surface area contributed by atoms with Crippen LogP contribution in [0.5, 0.6) is 23.0 Å². The predicted octanol–water partition coefficient (Wildman–Crippen LogP) is 5.77. The molecule has 0 aliphatic rings. The van der Waals surface area contributed by atoms with E-state index in [-0.39, 0.29) is 5.91 Å². The molecule has 0 unspecified atom stereocenters. The molecule has 0 atom stereocenters. The van der Waals surface area contributed by atoms with Gasteiger partial charge in [-0.2, -0.15) is 0 Å². The Hall–Kier alpha value is -3.91. The molecule has 1 heterocycles. The number of nitrogens with zero attached hydrogens (tertiary/aromatic N) is 2. The monoisotopic (exact) mass is 551 g/mol. The van der Waals surface area contributed by atoms with Gasteiger partial charge in [-0.15, -0.1) is 0 Å². The number of ether oxygens (including phenoxy) is 4. The van der Waals surface area contributed by atoms with Gasteiger partial charge in [0.25, 0.3) is 5.91 Å². The molecule has 0 saturated heterocycles. The second-order valence-corrected chi connectivity index (χ2v) is 9.54. The molecule has 1 N–H and O–H groups in total. The summed E-state index contributed by atoms with van der Waals surface area (Å²) in [7, 11) is 4.57. The molecule has 4 aromatic rings. The highest BCUT2D eigenvalue weighted by Gasteiger charge is 2.17. The lowest BCUT2D eigenvalue weighted by atomic mass is 10.1. The number of hydrogen-bond donors (Lipinski definition) is 1. The maximum Gasteiger partial charge on any atom is 0.251 e. The van der Waals surface area contributed by atoms with Crippen molar-refractivity contribution in [3.8, 4) is 23.0 Å². The molecule has 0 aliphatic carbocycles. The van der Waals surface area contributed by atoms with Crippen molar-refractivity contribution in [1.29, 1.82) is 0 Å². The smallest absolute Gasteiger partial charge is 0.251 e. The van der Waals surface area contributed by atoms with Crippen molar-refractivity contribution in [3.05, 3.63) is 76.1 Å². The Morgan fingerprint density at radius 3 is 2.28 bits per heavy atom. The van der Waals surface area contributed by atoms with E-state index in [1.165, 1.54) is 21.3 Å². The maximum atomic E-state index is 12.8. The summed E-state index contributed by atoms with van der Waals surface area (Å²) < 4.78 is 24.3. The van der Waals surface area contributed by atoms with Crippen LogP contribution in [0.15, 0.2) is 48.5 Å². The topological polar surface area (TPSA) is 83.8 Å². The highest BCUT2D eigenvalue weighted by atomic mass is 35.5. The lowest BCUT2D eigenvalue weighted by Crippen LogP contribution is -2.25. The van der Waals surface area contributed by atoms with Crippen LogP contribution in [0.4, 0.5) is 0 Å². The van der Waals surface area contributed by atoms with E-state index >= 15 is 0 Å².